The van der Waals surface area contributed by atoms with Crippen molar-refractivity contribution in [2.45, 2.75) is 18.7 Å². The zero-order valence-electron chi connectivity index (χ0n) is 11.0. The Labute approximate surface area is 118 Å². The minimum absolute atomic E-state index is 0.0266. The van der Waals surface area contributed by atoms with Crippen LogP contribution in [-0.2, 0) is 30.9 Å². The average molecular weight is 325 g/mol. The van der Waals surface area contributed by atoms with Gasteiger partial charge >= 0.3 is 6.72 Å². The van der Waals surface area contributed by atoms with Gasteiger partial charge in [0.25, 0.3) is 0 Å². The van der Waals surface area contributed by atoms with Gasteiger partial charge in [-0.2, -0.15) is 0 Å². The molecule has 0 saturated heterocycles. The summed E-state index contributed by atoms with van der Waals surface area (Å²) < 4.78 is 38.6. The van der Waals surface area contributed by atoms with Gasteiger partial charge in [-0.1, -0.05) is 6.07 Å². The molecule has 0 bridgehead atoms. The topological polar surface area (TPSA) is 87.8 Å². The number of nitrogens with two attached hydrogens (primary N) is 1. The molecule has 0 aliphatic carbocycles. The second-order valence-corrected chi connectivity index (χ2v) is 8.43. The molecule has 0 aromatic heterocycles. The molecule has 0 unspecified atom stereocenters. The van der Waals surface area contributed by atoms with Gasteiger partial charge in [0.2, 0.25) is 10.0 Å². The summed E-state index contributed by atoms with van der Waals surface area (Å²) in [4.78, 5) is 0.0266. The van der Waals surface area contributed by atoms with Crippen molar-refractivity contribution in [3.63, 3.8) is 0 Å². The fraction of sp³-hybridized carbons (Fsp3) is 0.400. The highest BCUT2D eigenvalue weighted by molar-refractivity contribution is 8.07. The Balaban J connectivity index is 3.38. The first-order chi connectivity index (χ1) is 8.64. The summed E-state index contributed by atoms with van der Waals surface area (Å²) in [5.41, 5.74) is 0.918. The van der Waals surface area contributed by atoms with Crippen molar-refractivity contribution < 1.29 is 22.0 Å². The van der Waals surface area contributed by atoms with Crippen molar-refractivity contribution in [2.24, 2.45) is 5.14 Å². The quantitative estimate of drug-likeness (QED) is 0.831. The summed E-state index contributed by atoms with van der Waals surface area (Å²) in [5, 5.41) is 5.19. The smallest absolute Gasteiger partial charge is 0.380 e. The lowest BCUT2D eigenvalue weighted by atomic mass is 10.1. The summed E-state index contributed by atoms with van der Waals surface area (Å²) in [6.45, 7) is 0.323. The average Bonchev–Trinajstić information content (AvgIpc) is 2.31. The minimum Gasteiger partial charge on any atom is -0.424 e. The van der Waals surface area contributed by atoms with Gasteiger partial charge in [0.05, 0.1) is 4.90 Å². The van der Waals surface area contributed by atoms with Crippen LogP contribution in [0.15, 0.2) is 17.0 Å². The highest BCUT2D eigenvalue weighted by Crippen LogP contribution is 2.49. The first kappa shape index (κ1) is 16.6. The van der Waals surface area contributed by atoms with Crippen molar-refractivity contribution >= 4 is 28.5 Å². The summed E-state index contributed by atoms with van der Waals surface area (Å²) in [7, 11) is -1.10. The fourth-order valence-electron chi connectivity index (χ4n) is 1.62. The Morgan fingerprint density at radius 3 is 2.16 bits per heavy atom. The molecule has 1 aromatic rings. The van der Waals surface area contributed by atoms with Crippen LogP contribution < -0.4 is 9.66 Å². The monoisotopic (exact) mass is 325 g/mol. The van der Waals surface area contributed by atoms with Crippen molar-refractivity contribution in [2.75, 3.05) is 14.2 Å². The van der Waals surface area contributed by atoms with Crippen LogP contribution in [0.4, 0.5) is 0 Å². The molecule has 9 heteroatoms. The second-order valence-electron chi connectivity index (χ2n) is 3.78. The van der Waals surface area contributed by atoms with Crippen LogP contribution in [0.25, 0.3) is 0 Å². The van der Waals surface area contributed by atoms with Crippen LogP contribution in [0.3, 0.4) is 0 Å². The normalized spacial score (nSPS) is 12.5. The lowest BCUT2D eigenvalue weighted by molar-refractivity contribution is 0.272. The maximum atomic E-state index is 11.6. The maximum Gasteiger partial charge on any atom is 0.380 e. The molecule has 6 nitrogen and oxygen atoms in total. The maximum absolute atomic E-state index is 11.6. The molecular weight excluding hydrogens is 309 g/mol. The van der Waals surface area contributed by atoms with Crippen LogP contribution in [0.2, 0.25) is 0 Å². The molecule has 0 heterocycles. The van der Waals surface area contributed by atoms with E-state index in [0.717, 1.165) is 0 Å². The molecule has 0 amide bonds. The van der Waals surface area contributed by atoms with Crippen molar-refractivity contribution in [3.05, 3.63) is 23.3 Å². The Morgan fingerprint density at radius 2 is 1.74 bits per heavy atom. The van der Waals surface area contributed by atoms with Gasteiger partial charge in [-0.15, -0.1) is 0 Å². The van der Waals surface area contributed by atoms with Gasteiger partial charge in [-0.05, 0) is 25.5 Å². The highest BCUT2D eigenvalue weighted by atomic mass is 32.5. The van der Waals surface area contributed by atoms with E-state index in [2.05, 4.69) is 0 Å². The molecule has 0 aliphatic rings. The third kappa shape index (κ3) is 3.75. The predicted molar refractivity (Wildman–Crippen MR) is 76.2 cm³/mol. The molecule has 0 atom stereocenters. The third-order valence-electron chi connectivity index (χ3n) is 2.49. The molecule has 0 saturated carbocycles. The Kier molecular flexibility index (Phi) is 5.11. The Morgan fingerprint density at radius 1 is 1.21 bits per heavy atom. The van der Waals surface area contributed by atoms with Crippen LogP contribution in [-0.4, -0.2) is 22.6 Å². The van der Waals surface area contributed by atoms with E-state index < -0.39 is 16.7 Å². The molecule has 0 radical (unpaired) electrons. The molecule has 0 fully saturated rings. The SMILES string of the molecule is COP(=S)(OC)Oc1ccc(C)c(S(N)(=O)=O)c1C. The van der Waals surface area contributed by atoms with E-state index in [4.69, 9.17) is 30.5 Å². The van der Waals surface area contributed by atoms with E-state index in [1.807, 2.05) is 0 Å². The van der Waals surface area contributed by atoms with E-state index in [1.165, 1.54) is 14.2 Å². The summed E-state index contributed by atoms with van der Waals surface area (Å²) in [6.07, 6.45) is 0. The summed E-state index contributed by atoms with van der Waals surface area (Å²) >= 11 is 5.08. The number of benzene rings is 1. The number of hydrogen-bond donors (Lipinski definition) is 1. The molecular formula is C10H16NO5PS2. The lowest BCUT2D eigenvalue weighted by Gasteiger charge is -2.20. The first-order valence-corrected chi connectivity index (χ1v) is 9.29. The van der Waals surface area contributed by atoms with Gasteiger partial charge in [0.1, 0.15) is 5.75 Å². The van der Waals surface area contributed by atoms with Crippen molar-refractivity contribution in [3.8, 4) is 5.75 Å². The van der Waals surface area contributed by atoms with Crippen molar-refractivity contribution in [1.82, 2.24) is 0 Å². The van der Waals surface area contributed by atoms with Gasteiger partial charge < -0.3 is 13.6 Å². The van der Waals surface area contributed by atoms with Gasteiger partial charge in [0.15, 0.2) is 0 Å². The molecule has 0 aliphatic heterocycles. The van der Waals surface area contributed by atoms with E-state index in [-0.39, 0.29) is 10.6 Å². The highest BCUT2D eigenvalue weighted by Gasteiger charge is 2.23. The van der Waals surface area contributed by atoms with Crippen LogP contribution in [0.1, 0.15) is 11.1 Å². The minimum atomic E-state index is -3.84. The largest absolute Gasteiger partial charge is 0.424 e. The predicted octanol–water partition coefficient (Wildman–Crippen LogP) is 1.85. The van der Waals surface area contributed by atoms with E-state index in [1.54, 1.807) is 26.0 Å². The summed E-state index contributed by atoms with van der Waals surface area (Å²) in [5.74, 6) is 0.279. The molecule has 108 valence electrons. The van der Waals surface area contributed by atoms with Crippen LogP contribution >= 0.6 is 6.72 Å². The molecule has 1 aromatic carbocycles. The number of aryl methyl sites for hydroxylation is 1. The second kappa shape index (κ2) is 5.87. The number of hydrogen-bond acceptors (Lipinski definition) is 6. The van der Waals surface area contributed by atoms with Crippen molar-refractivity contribution in [1.29, 1.82) is 0 Å². The van der Waals surface area contributed by atoms with Crippen LogP contribution in [0, 0.1) is 13.8 Å². The Bertz CT molecular complexity index is 621. The van der Waals surface area contributed by atoms with E-state index >= 15 is 0 Å². The van der Waals surface area contributed by atoms with Gasteiger partial charge in [0, 0.05) is 31.6 Å². The van der Waals surface area contributed by atoms with Gasteiger partial charge in [-0.25, -0.2) is 13.6 Å². The standard InChI is InChI=1S/C10H16NO5PS2/c1-7-5-6-9(16-17(18,14-3)15-4)8(2)10(7)19(11,12)13/h5-6H,1-4H3,(H2,11,12,13). The lowest BCUT2D eigenvalue weighted by Crippen LogP contribution is -2.15. The summed E-state index contributed by atoms with van der Waals surface area (Å²) in [6, 6.07) is 3.20. The fourth-order valence-corrected chi connectivity index (χ4v) is 3.64. The molecule has 19 heavy (non-hydrogen) atoms. The number of sulfonamides is 1. The molecule has 0 spiro atoms. The van der Waals surface area contributed by atoms with E-state index in [9.17, 15) is 8.42 Å². The zero-order chi connectivity index (χ0) is 14.8. The Hall–Kier alpha value is -0.500. The van der Waals surface area contributed by atoms with Gasteiger partial charge in [-0.3, -0.25) is 0 Å². The van der Waals surface area contributed by atoms with Crippen LogP contribution in [0.5, 0.6) is 5.75 Å². The number of rotatable bonds is 5. The van der Waals surface area contributed by atoms with E-state index in [0.29, 0.717) is 11.1 Å². The first-order valence-electron chi connectivity index (χ1n) is 5.18. The molecule has 1 rings (SSSR count). The zero-order valence-corrected chi connectivity index (χ0v) is 13.6. The number of primary sulfonamides is 1. The third-order valence-corrected chi connectivity index (χ3v) is 6.12. The molecule has 2 N–H and O–H groups in total.